The molecule has 0 saturated carbocycles. The number of para-hydroxylation sites is 1. The molecular formula is C22H23ClF3N5O3. The fourth-order valence-corrected chi connectivity index (χ4v) is 3.61. The van der Waals surface area contributed by atoms with Crippen LogP contribution in [0.25, 0.3) is 0 Å². The standard InChI is InChI=1S/C22H23ClF3N5O3/c23-18-7-6-16(12-17(18)22(24,25)26)27-19(32)13-30-8-10-31(11-9-30)14-20(33)29-21(34)28-15-4-2-1-3-5-15/h1-7,12H,8-11,13-14H2,(H,27,32)(H2,28,29,33,34). The van der Waals surface area contributed by atoms with Crippen LogP contribution < -0.4 is 16.0 Å². The van der Waals surface area contributed by atoms with E-state index in [-0.39, 0.29) is 18.8 Å². The number of imide groups is 1. The Labute approximate surface area is 199 Å². The number of hydrogen-bond acceptors (Lipinski definition) is 5. The Morgan fingerprint density at radius 1 is 0.824 bits per heavy atom. The number of benzene rings is 2. The fourth-order valence-electron chi connectivity index (χ4n) is 3.38. The maximum absolute atomic E-state index is 13.0. The zero-order chi connectivity index (χ0) is 24.7. The lowest BCUT2D eigenvalue weighted by Gasteiger charge is -2.33. The zero-order valence-corrected chi connectivity index (χ0v) is 18.7. The molecular weight excluding hydrogens is 475 g/mol. The van der Waals surface area contributed by atoms with Gasteiger partial charge in [-0.15, -0.1) is 0 Å². The first-order valence-corrected chi connectivity index (χ1v) is 10.7. The highest BCUT2D eigenvalue weighted by Crippen LogP contribution is 2.36. The Bertz CT molecular complexity index is 1030. The molecule has 4 amide bonds. The van der Waals surface area contributed by atoms with Crippen LogP contribution in [-0.4, -0.2) is 66.9 Å². The van der Waals surface area contributed by atoms with Gasteiger partial charge in [0.15, 0.2) is 0 Å². The highest BCUT2D eigenvalue weighted by atomic mass is 35.5. The summed E-state index contributed by atoms with van der Waals surface area (Å²) in [6.45, 7) is 1.94. The van der Waals surface area contributed by atoms with Crippen LogP contribution in [-0.2, 0) is 15.8 Å². The van der Waals surface area contributed by atoms with Crippen molar-refractivity contribution >= 4 is 40.8 Å². The van der Waals surface area contributed by atoms with Gasteiger partial charge in [0.1, 0.15) is 0 Å². The van der Waals surface area contributed by atoms with Crippen molar-refractivity contribution in [2.75, 3.05) is 49.9 Å². The lowest BCUT2D eigenvalue weighted by molar-refractivity contribution is -0.137. The zero-order valence-electron chi connectivity index (χ0n) is 18.0. The number of nitrogens with zero attached hydrogens (tertiary/aromatic N) is 2. The number of piperazine rings is 1. The topological polar surface area (TPSA) is 93.8 Å². The molecule has 0 bridgehead atoms. The highest BCUT2D eigenvalue weighted by Gasteiger charge is 2.33. The number of carbonyl (C=O) groups excluding carboxylic acids is 3. The Morgan fingerprint density at radius 3 is 2.00 bits per heavy atom. The molecule has 2 aromatic rings. The first-order valence-electron chi connectivity index (χ1n) is 10.4. The van der Waals surface area contributed by atoms with E-state index in [1.165, 1.54) is 6.07 Å². The van der Waals surface area contributed by atoms with E-state index in [9.17, 15) is 27.6 Å². The van der Waals surface area contributed by atoms with Gasteiger partial charge in [0, 0.05) is 37.6 Å². The second-order valence-corrected chi connectivity index (χ2v) is 8.07. The summed E-state index contributed by atoms with van der Waals surface area (Å²) < 4.78 is 38.9. The molecule has 1 aliphatic heterocycles. The van der Waals surface area contributed by atoms with Gasteiger partial charge in [-0.25, -0.2) is 4.79 Å². The largest absolute Gasteiger partial charge is 0.417 e. The van der Waals surface area contributed by atoms with Gasteiger partial charge >= 0.3 is 12.2 Å². The van der Waals surface area contributed by atoms with Gasteiger partial charge in [-0.1, -0.05) is 29.8 Å². The van der Waals surface area contributed by atoms with Crippen LogP contribution in [0.2, 0.25) is 5.02 Å². The summed E-state index contributed by atoms with van der Waals surface area (Å²) in [5.41, 5.74) is -0.449. The van der Waals surface area contributed by atoms with Crippen molar-refractivity contribution in [2.45, 2.75) is 6.18 Å². The third-order valence-electron chi connectivity index (χ3n) is 5.04. The number of carbonyl (C=O) groups is 3. The van der Waals surface area contributed by atoms with Gasteiger partial charge in [0.05, 0.1) is 23.7 Å². The smallest absolute Gasteiger partial charge is 0.325 e. The molecule has 2 aromatic carbocycles. The monoisotopic (exact) mass is 497 g/mol. The molecule has 3 rings (SSSR count). The average molecular weight is 498 g/mol. The van der Waals surface area contributed by atoms with Crippen LogP contribution >= 0.6 is 11.6 Å². The molecule has 0 aliphatic carbocycles. The first kappa shape index (κ1) is 25.5. The molecule has 34 heavy (non-hydrogen) atoms. The number of urea groups is 1. The molecule has 1 heterocycles. The summed E-state index contributed by atoms with van der Waals surface area (Å²) >= 11 is 5.59. The number of hydrogen-bond donors (Lipinski definition) is 3. The third-order valence-corrected chi connectivity index (χ3v) is 5.37. The number of halogens is 4. The number of anilines is 2. The van der Waals surface area contributed by atoms with Crippen molar-refractivity contribution in [3.63, 3.8) is 0 Å². The minimum atomic E-state index is -4.62. The quantitative estimate of drug-likeness (QED) is 0.569. The van der Waals surface area contributed by atoms with Crippen molar-refractivity contribution in [1.82, 2.24) is 15.1 Å². The Balaban J connectivity index is 1.39. The minimum absolute atomic E-state index is 0.00538. The van der Waals surface area contributed by atoms with Gasteiger partial charge in [-0.05, 0) is 30.3 Å². The number of rotatable bonds is 6. The molecule has 0 atom stereocenters. The summed E-state index contributed by atoms with van der Waals surface area (Å²) in [6, 6.07) is 11.3. The van der Waals surface area contributed by atoms with Crippen LogP contribution in [0.5, 0.6) is 0 Å². The molecule has 12 heteroatoms. The summed E-state index contributed by atoms with van der Waals surface area (Å²) in [5, 5.41) is 6.84. The molecule has 1 saturated heterocycles. The Hall–Kier alpha value is -3.15. The number of amides is 4. The van der Waals surface area contributed by atoms with Gasteiger partial charge in [-0.2, -0.15) is 13.2 Å². The van der Waals surface area contributed by atoms with Crippen molar-refractivity contribution in [1.29, 1.82) is 0 Å². The normalized spacial score (nSPS) is 14.9. The SMILES string of the molecule is O=C(CN1CCN(CC(=O)Nc2ccc(Cl)c(C(F)(F)F)c2)CC1)NC(=O)Nc1ccccc1. The summed E-state index contributed by atoms with van der Waals surface area (Å²) in [5.74, 6) is -0.915. The van der Waals surface area contributed by atoms with Gasteiger partial charge in [-0.3, -0.25) is 24.7 Å². The van der Waals surface area contributed by atoms with Crippen LogP contribution in [0, 0.1) is 0 Å². The molecule has 1 aliphatic rings. The van der Waals surface area contributed by atoms with Crippen LogP contribution in [0.3, 0.4) is 0 Å². The lowest BCUT2D eigenvalue weighted by atomic mass is 10.2. The molecule has 8 nitrogen and oxygen atoms in total. The Morgan fingerprint density at radius 2 is 1.41 bits per heavy atom. The predicted molar refractivity (Wildman–Crippen MR) is 122 cm³/mol. The number of alkyl halides is 3. The molecule has 0 aromatic heterocycles. The summed E-state index contributed by atoms with van der Waals surface area (Å²) in [7, 11) is 0. The molecule has 0 radical (unpaired) electrons. The predicted octanol–water partition coefficient (Wildman–Crippen LogP) is 3.26. The van der Waals surface area contributed by atoms with Crippen LogP contribution in [0.4, 0.5) is 29.3 Å². The molecule has 1 fully saturated rings. The lowest BCUT2D eigenvalue weighted by Crippen LogP contribution is -2.51. The maximum Gasteiger partial charge on any atom is 0.417 e. The summed E-state index contributed by atoms with van der Waals surface area (Å²) in [6.07, 6.45) is -4.62. The maximum atomic E-state index is 13.0. The first-order chi connectivity index (χ1) is 16.1. The number of nitrogens with one attached hydrogen (secondary N) is 3. The van der Waals surface area contributed by atoms with Crippen molar-refractivity contribution in [3.05, 3.63) is 59.1 Å². The van der Waals surface area contributed by atoms with Gasteiger partial charge < -0.3 is 10.6 Å². The second-order valence-electron chi connectivity index (χ2n) is 7.66. The van der Waals surface area contributed by atoms with Gasteiger partial charge in [0.25, 0.3) is 0 Å². The van der Waals surface area contributed by atoms with Crippen molar-refractivity contribution in [2.24, 2.45) is 0 Å². The van der Waals surface area contributed by atoms with E-state index in [1.54, 1.807) is 30.3 Å². The second kappa shape index (κ2) is 11.3. The molecule has 0 spiro atoms. The van der Waals surface area contributed by atoms with E-state index >= 15 is 0 Å². The van der Waals surface area contributed by atoms with E-state index in [0.29, 0.717) is 31.9 Å². The van der Waals surface area contributed by atoms with E-state index < -0.39 is 34.6 Å². The van der Waals surface area contributed by atoms with E-state index in [0.717, 1.165) is 12.1 Å². The molecule has 3 N–H and O–H groups in total. The fraction of sp³-hybridized carbons (Fsp3) is 0.318. The third kappa shape index (κ3) is 7.72. The van der Waals surface area contributed by atoms with E-state index in [2.05, 4.69) is 16.0 Å². The van der Waals surface area contributed by atoms with Crippen LogP contribution in [0.15, 0.2) is 48.5 Å². The van der Waals surface area contributed by atoms with E-state index in [1.807, 2.05) is 9.80 Å². The van der Waals surface area contributed by atoms with Crippen LogP contribution in [0.1, 0.15) is 5.56 Å². The van der Waals surface area contributed by atoms with Crippen molar-refractivity contribution in [3.8, 4) is 0 Å². The highest BCUT2D eigenvalue weighted by molar-refractivity contribution is 6.31. The average Bonchev–Trinajstić information content (AvgIpc) is 2.76. The van der Waals surface area contributed by atoms with Gasteiger partial charge in [0.2, 0.25) is 11.8 Å². The van der Waals surface area contributed by atoms with E-state index in [4.69, 9.17) is 11.6 Å². The Kier molecular flexibility index (Phi) is 8.48. The molecule has 0 unspecified atom stereocenters. The molecule has 182 valence electrons. The summed E-state index contributed by atoms with van der Waals surface area (Å²) in [4.78, 5) is 39.9. The van der Waals surface area contributed by atoms with Crippen molar-refractivity contribution < 1.29 is 27.6 Å². The minimum Gasteiger partial charge on any atom is -0.325 e.